The summed E-state index contributed by atoms with van der Waals surface area (Å²) in [6, 6.07) is 7.38. The van der Waals surface area contributed by atoms with Crippen molar-refractivity contribution < 1.29 is 8.42 Å². The second-order valence-corrected chi connectivity index (χ2v) is 7.33. The maximum atomic E-state index is 11.9. The largest absolute Gasteiger partial charge is 0.371 e. The summed E-state index contributed by atoms with van der Waals surface area (Å²) in [5.74, 6) is 0.504. The number of nitrogens with zero attached hydrogens (tertiary/aromatic N) is 1. The van der Waals surface area contributed by atoms with Gasteiger partial charge in [0.25, 0.3) is 0 Å². The Kier molecular flexibility index (Phi) is 5.24. The lowest BCUT2D eigenvalue weighted by atomic mass is 9.90. The Morgan fingerprint density at radius 3 is 2.52 bits per heavy atom. The highest BCUT2D eigenvalue weighted by molar-refractivity contribution is 7.89. The molecule has 21 heavy (non-hydrogen) atoms. The third-order valence-electron chi connectivity index (χ3n) is 4.16. The van der Waals surface area contributed by atoms with Gasteiger partial charge in [-0.05, 0) is 36.6 Å². The number of nitrogens with one attached hydrogen (secondary N) is 1. The molecule has 118 valence electrons. The van der Waals surface area contributed by atoms with E-state index >= 15 is 0 Å². The highest BCUT2D eigenvalue weighted by atomic mass is 32.2. The van der Waals surface area contributed by atoms with Gasteiger partial charge in [0.1, 0.15) is 0 Å². The Morgan fingerprint density at radius 1 is 1.29 bits per heavy atom. The Bertz CT molecular complexity index is 557. The van der Waals surface area contributed by atoms with Crippen LogP contribution < -0.4 is 15.4 Å². The molecule has 1 aliphatic rings. The Balaban J connectivity index is 2.12. The van der Waals surface area contributed by atoms with Crippen molar-refractivity contribution in [3.8, 4) is 0 Å². The quantitative estimate of drug-likeness (QED) is 0.865. The van der Waals surface area contributed by atoms with Crippen LogP contribution in [0.5, 0.6) is 0 Å². The number of benzene rings is 1. The molecule has 1 fully saturated rings. The van der Waals surface area contributed by atoms with E-state index in [0.717, 1.165) is 31.6 Å². The van der Waals surface area contributed by atoms with Gasteiger partial charge in [0.05, 0.1) is 4.90 Å². The molecule has 0 aliphatic carbocycles. The maximum Gasteiger partial charge on any atom is 0.240 e. The SMILES string of the molecule is CCNS(=O)(=O)c1ccc(N2CCC(N)C(CC)C2)cc1. The standard InChI is InChI=1S/C15H25N3O2S/c1-3-12-11-18(10-9-15(12)16)13-5-7-14(8-6-13)21(19,20)17-4-2/h5-8,12,15,17H,3-4,9-11,16H2,1-2H3. The number of hydrogen-bond acceptors (Lipinski definition) is 4. The molecule has 1 aliphatic heterocycles. The van der Waals surface area contributed by atoms with Crippen LogP contribution in [0.15, 0.2) is 29.2 Å². The highest BCUT2D eigenvalue weighted by Gasteiger charge is 2.25. The van der Waals surface area contributed by atoms with Gasteiger partial charge in [-0.25, -0.2) is 13.1 Å². The molecular formula is C15H25N3O2S. The fraction of sp³-hybridized carbons (Fsp3) is 0.600. The summed E-state index contributed by atoms with van der Waals surface area (Å²) in [5.41, 5.74) is 7.20. The van der Waals surface area contributed by atoms with Gasteiger partial charge in [0.15, 0.2) is 0 Å². The Hall–Kier alpha value is -1.11. The second-order valence-electron chi connectivity index (χ2n) is 5.56. The number of nitrogens with two attached hydrogens (primary N) is 1. The molecule has 0 radical (unpaired) electrons. The van der Waals surface area contributed by atoms with E-state index in [4.69, 9.17) is 5.73 Å². The summed E-state index contributed by atoms with van der Waals surface area (Å²) >= 11 is 0. The normalized spacial score (nSPS) is 23.3. The average molecular weight is 311 g/mol. The maximum absolute atomic E-state index is 11.9. The van der Waals surface area contributed by atoms with Gasteiger partial charge in [-0.3, -0.25) is 0 Å². The van der Waals surface area contributed by atoms with Gasteiger partial charge in [0, 0.05) is 31.4 Å². The van der Waals surface area contributed by atoms with E-state index in [1.807, 2.05) is 12.1 Å². The van der Waals surface area contributed by atoms with Crippen molar-refractivity contribution in [2.24, 2.45) is 11.7 Å². The van der Waals surface area contributed by atoms with Crippen molar-refractivity contribution >= 4 is 15.7 Å². The summed E-state index contributed by atoms with van der Waals surface area (Å²) in [5, 5.41) is 0. The topological polar surface area (TPSA) is 75.4 Å². The Morgan fingerprint density at radius 2 is 1.95 bits per heavy atom. The zero-order valence-electron chi connectivity index (χ0n) is 12.7. The van der Waals surface area contributed by atoms with Crippen molar-refractivity contribution in [1.29, 1.82) is 0 Å². The van der Waals surface area contributed by atoms with Crippen molar-refractivity contribution in [1.82, 2.24) is 4.72 Å². The predicted molar refractivity (Wildman–Crippen MR) is 85.9 cm³/mol. The summed E-state index contributed by atoms with van der Waals surface area (Å²) in [7, 11) is -3.37. The highest BCUT2D eigenvalue weighted by Crippen LogP contribution is 2.25. The van der Waals surface area contributed by atoms with Gasteiger partial charge in [-0.2, -0.15) is 0 Å². The number of piperidine rings is 1. The van der Waals surface area contributed by atoms with E-state index in [1.54, 1.807) is 19.1 Å². The van der Waals surface area contributed by atoms with Gasteiger partial charge in [-0.15, -0.1) is 0 Å². The molecule has 2 atom stereocenters. The van der Waals surface area contributed by atoms with Gasteiger partial charge >= 0.3 is 0 Å². The van der Waals surface area contributed by atoms with E-state index in [1.165, 1.54) is 0 Å². The number of rotatable bonds is 5. The van der Waals surface area contributed by atoms with Gasteiger partial charge < -0.3 is 10.6 Å². The molecule has 0 saturated carbocycles. The van der Waals surface area contributed by atoms with E-state index in [-0.39, 0.29) is 6.04 Å². The third kappa shape index (κ3) is 3.75. The van der Waals surface area contributed by atoms with Crippen LogP contribution in [-0.2, 0) is 10.0 Å². The molecule has 3 N–H and O–H groups in total. The van der Waals surface area contributed by atoms with E-state index in [0.29, 0.717) is 17.4 Å². The van der Waals surface area contributed by atoms with Crippen LogP contribution in [-0.4, -0.2) is 34.1 Å². The van der Waals surface area contributed by atoms with E-state index < -0.39 is 10.0 Å². The minimum Gasteiger partial charge on any atom is -0.371 e. The molecule has 0 amide bonds. The lowest BCUT2D eigenvalue weighted by Gasteiger charge is -2.38. The summed E-state index contributed by atoms with van der Waals surface area (Å²) in [6.07, 6.45) is 2.06. The molecule has 1 aromatic rings. The van der Waals surface area contributed by atoms with Crippen molar-refractivity contribution in [3.05, 3.63) is 24.3 Å². The molecule has 1 saturated heterocycles. The fourth-order valence-corrected chi connectivity index (χ4v) is 3.87. The summed E-state index contributed by atoms with van der Waals surface area (Å²) < 4.78 is 26.3. The lowest BCUT2D eigenvalue weighted by molar-refractivity contribution is 0.348. The lowest BCUT2D eigenvalue weighted by Crippen LogP contribution is -2.46. The van der Waals surface area contributed by atoms with Crippen LogP contribution in [0.25, 0.3) is 0 Å². The molecule has 5 nitrogen and oxygen atoms in total. The first-order valence-electron chi connectivity index (χ1n) is 7.58. The molecule has 1 aromatic carbocycles. The molecule has 0 bridgehead atoms. The van der Waals surface area contributed by atoms with Crippen LogP contribution in [0.3, 0.4) is 0 Å². The number of anilines is 1. The van der Waals surface area contributed by atoms with Gasteiger partial charge in [0.2, 0.25) is 10.0 Å². The van der Waals surface area contributed by atoms with Crippen LogP contribution >= 0.6 is 0 Å². The van der Waals surface area contributed by atoms with Crippen LogP contribution in [0.2, 0.25) is 0 Å². The zero-order chi connectivity index (χ0) is 15.5. The third-order valence-corrected chi connectivity index (χ3v) is 5.73. The summed E-state index contributed by atoms with van der Waals surface area (Å²) in [6.45, 7) is 6.20. The van der Waals surface area contributed by atoms with Crippen LogP contribution in [0.4, 0.5) is 5.69 Å². The predicted octanol–water partition coefficient (Wildman–Crippen LogP) is 1.55. The Labute approximate surface area is 127 Å². The molecule has 2 unspecified atom stereocenters. The van der Waals surface area contributed by atoms with E-state index in [9.17, 15) is 8.42 Å². The van der Waals surface area contributed by atoms with Crippen molar-refractivity contribution in [2.75, 3.05) is 24.5 Å². The number of hydrogen-bond donors (Lipinski definition) is 2. The molecule has 0 aromatic heterocycles. The average Bonchev–Trinajstić information content (AvgIpc) is 2.48. The molecule has 1 heterocycles. The zero-order valence-corrected chi connectivity index (χ0v) is 13.6. The van der Waals surface area contributed by atoms with Crippen LogP contribution in [0.1, 0.15) is 26.7 Å². The molecular weight excluding hydrogens is 286 g/mol. The smallest absolute Gasteiger partial charge is 0.240 e. The minimum absolute atomic E-state index is 0.277. The molecule has 0 spiro atoms. The van der Waals surface area contributed by atoms with Crippen molar-refractivity contribution in [3.63, 3.8) is 0 Å². The first kappa shape index (κ1) is 16.3. The molecule has 2 rings (SSSR count). The van der Waals surface area contributed by atoms with Crippen molar-refractivity contribution in [2.45, 2.75) is 37.6 Å². The fourth-order valence-electron chi connectivity index (χ4n) is 2.83. The number of sulfonamides is 1. The second kappa shape index (κ2) is 6.77. The first-order chi connectivity index (χ1) is 9.97. The summed E-state index contributed by atoms with van der Waals surface area (Å²) in [4.78, 5) is 2.61. The van der Waals surface area contributed by atoms with Gasteiger partial charge in [-0.1, -0.05) is 20.3 Å². The monoisotopic (exact) mass is 311 g/mol. The van der Waals surface area contributed by atoms with E-state index in [2.05, 4.69) is 16.5 Å². The first-order valence-corrected chi connectivity index (χ1v) is 9.06. The minimum atomic E-state index is -3.37. The molecule has 6 heteroatoms. The van der Waals surface area contributed by atoms with Crippen LogP contribution in [0, 0.1) is 5.92 Å².